The molecule has 0 spiro atoms. The van der Waals surface area contributed by atoms with Gasteiger partial charge in [-0.3, -0.25) is 4.79 Å². The first-order valence-corrected chi connectivity index (χ1v) is 8.92. The van der Waals surface area contributed by atoms with Crippen molar-refractivity contribution in [1.29, 1.82) is 5.26 Å². The summed E-state index contributed by atoms with van der Waals surface area (Å²) in [5, 5.41) is 19.4. The highest BCUT2D eigenvalue weighted by Gasteiger charge is 2.23. The van der Waals surface area contributed by atoms with Crippen LogP contribution in [0.25, 0.3) is 10.9 Å². The third-order valence-electron chi connectivity index (χ3n) is 4.16. The molecule has 146 valence electrons. The summed E-state index contributed by atoms with van der Waals surface area (Å²) in [6.45, 7) is 9.07. The van der Waals surface area contributed by atoms with Gasteiger partial charge in [-0.1, -0.05) is 17.9 Å². The number of hydrogen-bond donors (Lipinski definition) is 2. The molecule has 2 aromatic heterocycles. The summed E-state index contributed by atoms with van der Waals surface area (Å²) >= 11 is 0. The number of rotatable bonds is 6. The van der Waals surface area contributed by atoms with Crippen LogP contribution in [-0.2, 0) is 11.3 Å². The van der Waals surface area contributed by atoms with Gasteiger partial charge < -0.3 is 19.4 Å². The quantitative estimate of drug-likeness (QED) is 0.454. The summed E-state index contributed by atoms with van der Waals surface area (Å²) < 4.78 is 6.61. The Labute approximate surface area is 163 Å². The van der Waals surface area contributed by atoms with Gasteiger partial charge in [-0.15, -0.1) is 6.58 Å². The minimum atomic E-state index is -1.52. The van der Waals surface area contributed by atoms with Crippen LogP contribution in [-0.4, -0.2) is 32.8 Å². The zero-order valence-corrected chi connectivity index (χ0v) is 16.3. The molecule has 0 bridgehead atoms. The van der Waals surface area contributed by atoms with Crippen LogP contribution >= 0.6 is 0 Å². The highest BCUT2D eigenvalue weighted by atomic mass is 16.5. The molecule has 28 heavy (non-hydrogen) atoms. The van der Waals surface area contributed by atoms with Gasteiger partial charge in [0.25, 0.3) is 5.56 Å². The minimum Gasteiger partial charge on any atom is -0.462 e. The molecule has 0 aliphatic carbocycles. The predicted molar refractivity (Wildman–Crippen MR) is 106 cm³/mol. The SMILES string of the molecule is C=CCCn1cc(C#CC(C)(O)CC#N)c2c(C(=O)OCC)c(C)[nH]c2c1=O. The number of ether oxygens (including phenoxy) is 1. The molecule has 0 saturated heterocycles. The number of nitriles is 1. The number of fused-ring (bicyclic) bond motifs is 1. The second-order valence-electron chi connectivity index (χ2n) is 6.57. The molecule has 0 amide bonds. The summed E-state index contributed by atoms with van der Waals surface area (Å²) in [5.74, 6) is 4.95. The molecular weight excluding hydrogens is 358 g/mol. The number of nitrogens with one attached hydrogen (secondary N) is 1. The molecule has 1 atom stereocenters. The van der Waals surface area contributed by atoms with Crippen LogP contribution < -0.4 is 5.56 Å². The monoisotopic (exact) mass is 381 g/mol. The van der Waals surface area contributed by atoms with E-state index in [1.54, 1.807) is 26.1 Å². The lowest BCUT2D eigenvalue weighted by atomic mass is 10.0. The molecule has 0 aliphatic rings. The molecule has 0 aliphatic heterocycles. The molecule has 2 heterocycles. The van der Waals surface area contributed by atoms with Crippen LogP contribution in [0.15, 0.2) is 23.6 Å². The number of hydrogen-bond acceptors (Lipinski definition) is 5. The molecule has 2 aromatic rings. The molecule has 1 unspecified atom stereocenters. The molecule has 2 rings (SSSR count). The Morgan fingerprint density at radius 1 is 1.54 bits per heavy atom. The number of aryl methyl sites for hydroxylation is 2. The smallest absolute Gasteiger partial charge is 0.340 e. The van der Waals surface area contributed by atoms with Crippen LogP contribution in [0.5, 0.6) is 0 Å². The van der Waals surface area contributed by atoms with Crippen LogP contribution in [0, 0.1) is 30.1 Å². The fourth-order valence-electron chi connectivity index (χ4n) is 2.83. The fourth-order valence-corrected chi connectivity index (χ4v) is 2.83. The maximum Gasteiger partial charge on any atom is 0.340 e. The average Bonchev–Trinajstić information content (AvgIpc) is 2.98. The second kappa shape index (κ2) is 8.60. The van der Waals surface area contributed by atoms with Gasteiger partial charge in [-0.25, -0.2) is 4.79 Å². The van der Waals surface area contributed by atoms with Gasteiger partial charge in [0.2, 0.25) is 0 Å². The van der Waals surface area contributed by atoms with Crippen molar-refractivity contribution in [3.05, 3.63) is 46.0 Å². The maximum atomic E-state index is 12.8. The standard InChI is InChI=1S/C21H23N3O4/c1-5-7-12-24-13-15(8-9-21(4,27)10-11-22)17-16(20(26)28-6-2)14(3)23-18(17)19(24)25/h5,13,23,27H,1,6-7,10,12H2,2-4H3. The number of allylic oxidation sites excluding steroid dienone is 1. The van der Waals surface area contributed by atoms with Gasteiger partial charge in [0, 0.05) is 23.8 Å². The number of aromatic nitrogens is 2. The summed E-state index contributed by atoms with van der Waals surface area (Å²) in [4.78, 5) is 28.3. The van der Waals surface area contributed by atoms with E-state index in [4.69, 9.17) is 10.00 Å². The van der Waals surface area contributed by atoms with E-state index in [1.165, 1.54) is 11.5 Å². The number of pyridine rings is 1. The van der Waals surface area contributed by atoms with Crippen LogP contribution in [0.3, 0.4) is 0 Å². The van der Waals surface area contributed by atoms with E-state index in [1.807, 2.05) is 6.07 Å². The number of nitrogens with zero attached hydrogens (tertiary/aromatic N) is 2. The molecule has 0 fully saturated rings. The lowest BCUT2D eigenvalue weighted by Gasteiger charge is -2.11. The molecule has 0 aromatic carbocycles. The van der Waals surface area contributed by atoms with E-state index in [-0.39, 0.29) is 29.7 Å². The topological polar surface area (TPSA) is 108 Å². The van der Waals surface area contributed by atoms with Gasteiger partial charge >= 0.3 is 5.97 Å². The van der Waals surface area contributed by atoms with Crippen LogP contribution in [0.4, 0.5) is 0 Å². The molecular formula is C21H23N3O4. The first-order valence-electron chi connectivity index (χ1n) is 8.92. The van der Waals surface area contributed by atoms with E-state index in [2.05, 4.69) is 23.4 Å². The van der Waals surface area contributed by atoms with Crippen molar-refractivity contribution >= 4 is 16.9 Å². The van der Waals surface area contributed by atoms with Gasteiger partial charge in [0.05, 0.1) is 30.2 Å². The van der Waals surface area contributed by atoms with Gasteiger partial charge in [0.15, 0.2) is 0 Å². The highest BCUT2D eigenvalue weighted by Crippen LogP contribution is 2.24. The van der Waals surface area contributed by atoms with E-state index in [0.29, 0.717) is 29.6 Å². The number of carbonyl (C=O) groups is 1. The third-order valence-corrected chi connectivity index (χ3v) is 4.16. The number of esters is 1. The van der Waals surface area contributed by atoms with E-state index in [9.17, 15) is 14.7 Å². The predicted octanol–water partition coefficient (Wildman–Crippen LogP) is 2.41. The number of aliphatic hydroxyl groups is 1. The molecule has 0 saturated carbocycles. The van der Waals surface area contributed by atoms with E-state index in [0.717, 1.165) is 0 Å². The Hall–Kier alpha value is -3.29. The Morgan fingerprint density at radius 2 is 2.25 bits per heavy atom. The Morgan fingerprint density at radius 3 is 2.86 bits per heavy atom. The highest BCUT2D eigenvalue weighted by molar-refractivity contribution is 6.07. The lowest BCUT2D eigenvalue weighted by Crippen LogP contribution is -2.22. The molecule has 2 N–H and O–H groups in total. The minimum absolute atomic E-state index is 0.170. The molecule has 7 heteroatoms. The zero-order chi connectivity index (χ0) is 20.9. The van der Waals surface area contributed by atoms with Crippen molar-refractivity contribution in [2.24, 2.45) is 0 Å². The van der Waals surface area contributed by atoms with Crippen LogP contribution in [0.1, 0.15) is 48.3 Å². The van der Waals surface area contributed by atoms with E-state index >= 15 is 0 Å². The Kier molecular flexibility index (Phi) is 6.45. The normalized spacial score (nSPS) is 12.5. The first-order chi connectivity index (χ1) is 13.3. The van der Waals surface area contributed by atoms with Crippen molar-refractivity contribution in [2.75, 3.05) is 6.61 Å². The van der Waals surface area contributed by atoms with Gasteiger partial charge in [-0.05, 0) is 27.2 Å². The number of aromatic amines is 1. The first kappa shape index (κ1) is 21.0. The summed E-state index contributed by atoms with van der Waals surface area (Å²) in [7, 11) is 0. The summed E-state index contributed by atoms with van der Waals surface area (Å²) in [6.07, 6.45) is 3.66. The molecule has 0 radical (unpaired) electrons. The van der Waals surface area contributed by atoms with Crippen molar-refractivity contribution in [3.63, 3.8) is 0 Å². The number of carbonyl (C=O) groups excluding carboxylic acids is 1. The number of H-pyrrole nitrogens is 1. The van der Waals surface area contributed by atoms with Gasteiger partial charge in [0.1, 0.15) is 11.1 Å². The zero-order valence-electron chi connectivity index (χ0n) is 16.3. The maximum absolute atomic E-state index is 12.8. The Balaban J connectivity index is 2.81. The van der Waals surface area contributed by atoms with E-state index < -0.39 is 11.6 Å². The third kappa shape index (κ3) is 4.33. The van der Waals surface area contributed by atoms with Crippen molar-refractivity contribution in [2.45, 2.75) is 45.8 Å². The lowest BCUT2D eigenvalue weighted by molar-refractivity contribution is 0.0528. The average molecular weight is 381 g/mol. The molecule has 7 nitrogen and oxygen atoms in total. The fraction of sp³-hybridized carbons (Fsp3) is 0.381. The summed E-state index contributed by atoms with van der Waals surface area (Å²) in [6, 6.07) is 1.88. The van der Waals surface area contributed by atoms with Crippen LogP contribution in [0.2, 0.25) is 0 Å². The second-order valence-corrected chi connectivity index (χ2v) is 6.57. The van der Waals surface area contributed by atoms with Crippen molar-refractivity contribution < 1.29 is 14.6 Å². The Bertz CT molecular complexity index is 1070. The summed E-state index contributed by atoms with van der Waals surface area (Å²) in [5.41, 5.74) is -0.420. The largest absolute Gasteiger partial charge is 0.462 e. The van der Waals surface area contributed by atoms with Crippen molar-refractivity contribution in [1.82, 2.24) is 9.55 Å². The van der Waals surface area contributed by atoms with Gasteiger partial charge in [-0.2, -0.15) is 5.26 Å². The van der Waals surface area contributed by atoms with Crippen molar-refractivity contribution in [3.8, 4) is 17.9 Å².